The number of rotatable bonds is 6. The number of pyridine rings is 1. The van der Waals surface area contributed by atoms with E-state index in [4.69, 9.17) is 0 Å². The number of benzene rings is 1. The molecule has 1 heterocycles. The summed E-state index contributed by atoms with van der Waals surface area (Å²) in [6.07, 6.45) is 0.360. The second kappa shape index (κ2) is 6.82. The fourth-order valence-electron chi connectivity index (χ4n) is 1.85. The molecule has 1 unspecified atom stereocenters. The van der Waals surface area contributed by atoms with E-state index in [1.165, 1.54) is 29.0 Å². The van der Waals surface area contributed by atoms with Gasteiger partial charge in [-0.3, -0.25) is 4.79 Å². The summed E-state index contributed by atoms with van der Waals surface area (Å²) in [5.74, 6) is -0.872. The van der Waals surface area contributed by atoms with Crippen molar-refractivity contribution in [2.45, 2.75) is 17.5 Å². The minimum atomic E-state index is -4.06. The van der Waals surface area contributed by atoms with Crippen LogP contribution in [0.15, 0.2) is 58.4 Å². The zero-order valence-electron chi connectivity index (χ0n) is 11.5. The lowest BCUT2D eigenvalue weighted by Gasteiger charge is -2.14. The van der Waals surface area contributed by atoms with E-state index in [1.807, 2.05) is 0 Å². The van der Waals surface area contributed by atoms with Crippen LogP contribution < -0.4 is 10.3 Å². The number of aliphatic hydroxyl groups excluding tert-OH is 1. The Morgan fingerprint density at radius 3 is 2.55 bits per heavy atom. The molecule has 0 saturated carbocycles. The zero-order valence-corrected chi connectivity index (χ0v) is 12.3. The van der Waals surface area contributed by atoms with Gasteiger partial charge in [0.15, 0.2) is 0 Å². The van der Waals surface area contributed by atoms with Crippen molar-refractivity contribution in [2.24, 2.45) is 0 Å². The summed E-state index contributed by atoms with van der Waals surface area (Å²) in [5, 5.41) is 9.83. The zero-order chi connectivity index (χ0) is 16.2. The Kier molecular flexibility index (Phi) is 5.07. The van der Waals surface area contributed by atoms with Gasteiger partial charge in [-0.05, 0) is 18.2 Å². The quantitative estimate of drug-likeness (QED) is 0.800. The summed E-state index contributed by atoms with van der Waals surface area (Å²) < 4.78 is 40.7. The molecular weight excluding hydrogens is 311 g/mol. The summed E-state index contributed by atoms with van der Waals surface area (Å²) in [5.41, 5.74) is -0.307. The number of halogens is 1. The number of hydrogen-bond donors (Lipinski definition) is 2. The summed E-state index contributed by atoms with van der Waals surface area (Å²) in [4.78, 5) is 11.0. The number of aliphatic hydroxyl groups is 1. The smallest absolute Gasteiger partial charge is 0.250 e. The highest BCUT2D eigenvalue weighted by molar-refractivity contribution is 7.89. The van der Waals surface area contributed by atoms with Crippen molar-refractivity contribution in [3.8, 4) is 0 Å². The summed E-state index contributed by atoms with van der Waals surface area (Å²) in [7, 11) is -4.06. The average molecular weight is 326 g/mol. The van der Waals surface area contributed by atoms with E-state index in [-0.39, 0.29) is 18.6 Å². The minimum absolute atomic E-state index is 0.0700. The summed E-state index contributed by atoms with van der Waals surface area (Å²) in [6.45, 7) is -0.405. The van der Waals surface area contributed by atoms with Crippen LogP contribution in [0.5, 0.6) is 0 Å². The van der Waals surface area contributed by atoms with Crippen LogP contribution in [-0.2, 0) is 16.6 Å². The SMILES string of the molecule is O=c1ccccn1CC(O)CNS(=O)(=O)c1ccccc1F. The van der Waals surface area contributed by atoms with E-state index in [1.54, 1.807) is 12.1 Å². The van der Waals surface area contributed by atoms with Gasteiger partial charge in [0.1, 0.15) is 10.7 Å². The molecule has 2 rings (SSSR count). The lowest BCUT2D eigenvalue weighted by molar-refractivity contribution is 0.156. The van der Waals surface area contributed by atoms with Crippen molar-refractivity contribution >= 4 is 10.0 Å². The summed E-state index contributed by atoms with van der Waals surface area (Å²) >= 11 is 0. The highest BCUT2D eigenvalue weighted by atomic mass is 32.2. The predicted molar refractivity (Wildman–Crippen MR) is 78.3 cm³/mol. The molecule has 22 heavy (non-hydrogen) atoms. The van der Waals surface area contributed by atoms with Gasteiger partial charge in [0.25, 0.3) is 5.56 Å². The van der Waals surface area contributed by atoms with E-state index in [2.05, 4.69) is 4.72 Å². The Balaban J connectivity index is 2.02. The van der Waals surface area contributed by atoms with Crippen LogP contribution >= 0.6 is 0 Å². The molecule has 0 aliphatic carbocycles. The lowest BCUT2D eigenvalue weighted by atomic mass is 10.3. The molecule has 1 atom stereocenters. The normalized spacial score (nSPS) is 13.0. The van der Waals surface area contributed by atoms with Gasteiger partial charge in [-0.15, -0.1) is 0 Å². The Labute approximate surface area is 126 Å². The van der Waals surface area contributed by atoms with Gasteiger partial charge in [0, 0.05) is 18.8 Å². The molecule has 2 N–H and O–H groups in total. The summed E-state index contributed by atoms with van der Waals surface area (Å²) in [6, 6.07) is 9.46. The molecule has 6 nitrogen and oxygen atoms in total. The molecule has 0 spiro atoms. The van der Waals surface area contributed by atoms with Crippen LogP contribution in [0.2, 0.25) is 0 Å². The average Bonchev–Trinajstić information content (AvgIpc) is 2.48. The maximum atomic E-state index is 13.5. The van der Waals surface area contributed by atoms with E-state index >= 15 is 0 Å². The van der Waals surface area contributed by atoms with Gasteiger partial charge in [-0.2, -0.15) is 0 Å². The highest BCUT2D eigenvalue weighted by Crippen LogP contribution is 2.12. The Bertz CT molecular complexity index is 804. The van der Waals surface area contributed by atoms with Gasteiger partial charge in [-0.1, -0.05) is 18.2 Å². The second-order valence-corrected chi connectivity index (χ2v) is 6.36. The topological polar surface area (TPSA) is 88.4 Å². The molecule has 0 aliphatic rings. The molecule has 0 amide bonds. The highest BCUT2D eigenvalue weighted by Gasteiger charge is 2.19. The van der Waals surface area contributed by atoms with Crippen molar-refractivity contribution in [1.82, 2.24) is 9.29 Å². The standard InChI is InChI=1S/C14H15FN2O4S/c15-12-5-1-2-6-13(12)22(20,21)16-9-11(18)10-17-8-4-3-7-14(17)19/h1-8,11,16,18H,9-10H2. The van der Waals surface area contributed by atoms with Gasteiger partial charge >= 0.3 is 0 Å². The molecule has 1 aromatic heterocycles. The maximum absolute atomic E-state index is 13.5. The van der Waals surface area contributed by atoms with Crippen LogP contribution in [0.3, 0.4) is 0 Å². The maximum Gasteiger partial charge on any atom is 0.250 e. The van der Waals surface area contributed by atoms with Crippen LogP contribution in [-0.4, -0.2) is 30.7 Å². The first kappa shape index (κ1) is 16.3. The van der Waals surface area contributed by atoms with Gasteiger partial charge in [-0.25, -0.2) is 17.5 Å². The lowest BCUT2D eigenvalue weighted by Crippen LogP contribution is -2.36. The van der Waals surface area contributed by atoms with Crippen LogP contribution in [0.25, 0.3) is 0 Å². The van der Waals surface area contributed by atoms with Crippen LogP contribution in [0.1, 0.15) is 0 Å². The third kappa shape index (κ3) is 4.00. The molecular formula is C14H15FN2O4S. The molecule has 0 aliphatic heterocycles. The van der Waals surface area contributed by atoms with Gasteiger partial charge in [0.05, 0.1) is 12.6 Å². The Hall–Kier alpha value is -2.03. The number of nitrogens with zero attached hydrogens (tertiary/aromatic N) is 1. The monoisotopic (exact) mass is 326 g/mol. The molecule has 0 bridgehead atoms. The fraction of sp³-hybridized carbons (Fsp3) is 0.214. The third-order valence-electron chi connectivity index (χ3n) is 2.94. The van der Waals surface area contributed by atoms with Crippen LogP contribution in [0, 0.1) is 5.82 Å². The third-order valence-corrected chi connectivity index (χ3v) is 4.40. The minimum Gasteiger partial charge on any atom is -0.390 e. The van der Waals surface area contributed by atoms with Crippen molar-refractivity contribution in [3.05, 3.63) is 64.8 Å². The van der Waals surface area contributed by atoms with E-state index in [0.29, 0.717) is 0 Å². The van der Waals surface area contributed by atoms with Gasteiger partial charge in [0.2, 0.25) is 10.0 Å². The first-order chi connectivity index (χ1) is 10.4. The molecule has 8 heteroatoms. The van der Waals surface area contributed by atoms with Gasteiger partial charge < -0.3 is 9.67 Å². The second-order valence-electron chi connectivity index (χ2n) is 4.63. The predicted octanol–water partition coefficient (Wildman–Crippen LogP) is 0.327. The molecule has 2 aromatic rings. The van der Waals surface area contributed by atoms with E-state index in [9.17, 15) is 22.7 Å². The molecule has 0 saturated heterocycles. The Morgan fingerprint density at radius 2 is 1.86 bits per heavy atom. The first-order valence-corrected chi connectivity index (χ1v) is 7.96. The van der Waals surface area contributed by atoms with Crippen molar-refractivity contribution in [3.63, 3.8) is 0 Å². The number of aromatic nitrogens is 1. The fourth-order valence-corrected chi connectivity index (χ4v) is 3.00. The van der Waals surface area contributed by atoms with E-state index in [0.717, 1.165) is 12.1 Å². The molecule has 0 fully saturated rings. The number of sulfonamides is 1. The molecule has 1 aromatic carbocycles. The van der Waals surface area contributed by atoms with Crippen molar-refractivity contribution in [2.75, 3.05) is 6.54 Å². The Morgan fingerprint density at radius 1 is 1.18 bits per heavy atom. The number of nitrogens with one attached hydrogen (secondary N) is 1. The largest absolute Gasteiger partial charge is 0.390 e. The molecule has 0 radical (unpaired) electrons. The van der Waals surface area contributed by atoms with E-state index < -0.39 is 26.8 Å². The van der Waals surface area contributed by atoms with Crippen molar-refractivity contribution < 1.29 is 17.9 Å². The number of hydrogen-bond acceptors (Lipinski definition) is 4. The molecule has 118 valence electrons. The van der Waals surface area contributed by atoms with Crippen LogP contribution in [0.4, 0.5) is 4.39 Å². The first-order valence-electron chi connectivity index (χ1n) is 6.48. The van der Waals surface area contributed by atoms with Crippen molar-refractivity contribution in [1.29, 1.82) is 0 Å².